The Hall–Kier alpha value is -1.09. The normalized spacial score (nSPS) is 10.1. The fraction of sp³-hybridized carbons (Fsp3) is 0.455. The number of nitrogens with one attached hydrogen (secondary N) is 1. The summed E-state index contributed by atoms with van der Waals surface area (Å²) < 4.78 is 17.3. The van der Waals surface area contributed by atoms with Gasteiger partial charge in [-0.1, -0.05) is 18.2 Å². The number of hydrogen-bond donors (Lipinski definition) is 1. The molecule has 1 aromatic rings. The van der Waals surface area contributed by atoms with Crippen LogP contribution in [0.2, 0.25) is 0 Å². The molecule has 3 heteroatoms. The smallest absolute Gasteiger partial charge is 0.123 e. The molecule has 0 aromatic heterocycles. The van der Waals surface area contributed by atoms with Crippen LogP contribution in [0.1, 0.15) is 12.0 Å². The van der Waals surface area contributed by atoms with Gasteiger partial charge in [-0.3, -0.25) is 4.39 Å². The molecule has 0 aliphatic rings. The second-order valence-corrected chi connectivity index (χ2v) is 3.03. The number of hydrogen-bond acceptors (Lipinski definition) is 2. The minimum absolute atomic E-state index is 0.325. The van der Waals surface area contributed by atoms with Crippen LogP contribution >= 0.6 is 0 Å². The molecule has 0 heterocycles. The second-order valence-electron chi connectivity index (χ2n) is 3.03. The van der Waals surface area contributed by atoms with Gasteiger partial charge in [-0.15, -0.1) is 0 Å². The first-order chi connectivity index (χ1) is 6.88. The number of halogens is 1. The van der Waals surface area contributed by atoms with E-state index in [0.29, 0.717) is 13.0 Å². The van der Waals surface area contributed by atoms with Crippen LogP contribution in [0.15, 0.2) is 24.3 Å². The van der Waals surface area contributed by atoms with Crippen molar-refractivity contribution >= 4 is 0 Å². The molecule has 2 nitrogen and oxygen atoms in total. The van der Waals surface area contributed by atoms with E-state index < -0.39 is 0 Å². The van der Waals surface area contributed by atoms with Gasteiger partial charge in [0.15, 0.2) is 0 Å². The third kappa shape index (κ3) is 3.34. The van der Waals surface area contributed by atoms with E-state index >= 15 is 0 Å². The number of para-hydroxylation sites is 1. The van der Waals surface area contributed by atoms with E-state index in [0.717, 1.165) is 17.9 Å². The van der Waals surface area contributed by atoms with Gasteiger partial charge < -0.3 is 10.1 Å². The summed E-state index contributed by atoms with van der Waals surface area (Å²) in [7, 11) is 1.89. The van der Waals surface area contributed by atoms with E-state index in [1.807, 2.05) is 31.3 Å². The van der Waals surface area contributed by atoms with Crippen molar-refractivity contribution in [1.29, 1.82) is 0 Å². The van der Waals surface area contributed by atoms with Crippen LogP contribution in [0.25, 0.3) is 0 Å². The summed E-state index contributed by atoms with van der Waals surface area (Å²) in [6.45, 7) is 0.886. The average Bonchev–Trinajstić information content (AvgIpc) is 2.21. The van der Waals surface area contributed by atoms with Gasteiger partial charge in [-0.25, -0.2) is 0 Å². The monoisotopic (exact) mass is 197 g/mol. The zero-order chi connectivity index (χ0) is 10.2. The van der Waals surface area contributed by atoms with E-state index in [9.17, 15) is 4.39 Å². The van der Waals surface area contributed by atoms with Crippen molar-refractivity contribution in [3.05, 3.63) is 29.8 Å². The first kappa shape index (κ1) is 11.0. The summed E-state index contributed by atoms with van der Waals surface area (Å²) in [5.74, 6) is 0.843. The topological polar surface area (TPSA) is 21.3 Å². The summed E-state index contributed by atoms with van der Waals surface area (Å²) in [5.41, 5.74) is 1.11. The highest BCUT2D eigenvalue weighted by Crippen LogP contribution is 2.17. The van der Waals surface area contributed by atoms with Crippen molar-refractivity contribution in [3.8, 4) is 5.75 Å². The average molecular weight is 197 g/mol. The third-order valence-electron chi connectivity index (χ3n) is 1.88. The molecular weight excluding hydrogens is 181 g/mol. The Morgan fingerprint density at radius 3 is 2.86 bits per heavy atom. The fourth-order valence-electron chi connectivity index (χ4n) is 1.22. The lowest BCUT2D eigenvalue weighted by Crippen LogP contribution is -2.08. The van der Waals surface area contributed by atoms with Crippen molar-refractivity contribution in [2.45, 2.75) is 13.0 Å². The lowest BCUT2D eigenvalue weighted by Gasteiger charge is -2.10. The van der Waals surface area contributed by atoms with Crippen LogP contribution < -0.4 is 10.1 Å². The van der Waals surface area contributed by atoms with Crippen LogP contribution in [0, 0.1) is 0 Å². The number of benzene rings is 1. The predicted octanol–water partition coefficient (Wildman–Crippen LogP) is 2.14. The molecule has 0 aliphatic carbocycles. The van der Waals surface area contributed by atoms with Gasteiger partial charge in [0, 0.05) is 18.5 Å². The van der Waals surface area contributed by atoms with Crippen molar-refractivity contribution < 1.29 is 9.13 Å². The van der Waals surface area contributed by atoms with Gasteiger partial charge in [0.05, 0.1) is 13.3 Å². The Labute approximate surface area is 84.1 Å². The molecule has 0 spiro atoms. The van der Waals surface area contributed by atoms with Crippen molar-refractivity contribution in [2.24, 2.45) is 0 Å². The van der Waals surface area contributed by atoms with Crippen molar-refractivity contribution in [2.75, 3.05) is 20.3 Å². The van der Waals surface area contributed by atoms with E-state index in [1.54, 1.807) is 0 Å². The van der Waals surface area contributed by atoms with Gasteiger partial charge in [0.1, 0.15) is 5.75 Å². The van der Waals surface area contributed by atoms with Crippen LogP contribution in [0.4, 0.5) is 4.39 Å². The molecule has 0 bridgehead atoms. The minimum atomic E-state index is -0.325. The van der Waals surface area contributed by atoms with Crippen molar-refractivity contribution in [3.63, 3.8) is 0 Å². The highest BCUT2D eigenvalue weighted by atomic mass is 19.1. The molecule has 14 heavy (non-hydrogen) atoms. The molecule has 0 saturated carbocycles. The summed E-state index contributed by atoms with van der Waals surface area (Å²) in [4.78, 5) is 0. The zero-order valence-corrected chi connectivity index (χ0v) is 8.42. The molecule has 78 valence electrons. The van der Waals surface area contributed by atoms with Crippen LogP contribution in [-0.2, 0) is 6.54 Å². The molecule has 1 aromatic carbocycles. The molecule has 0 unspecified atom stereocenters. The summed E-state index contributed by atoms with van der Waals surface area (Å²) in [6, 6.07) is 7.80. The molecule has 0 amide bonds. The van der Waals surface area contributed by atoms with Gasteiger partial charge in [0.25, 0.3) is 0 Å². The minimum Gasteiger partial charge on any atom is -0.493 e. The SMILES string of the molecule is CNCc1ccccc1OCCCF. The Balaban J connectivity index is 2.55. The maximum Gasteiger partial charge on any atom is 0.123 e. The van der Waals surface area contributed by atoms with E-state index in [2.05, 4.69) is 5.32 Å². The van der Waals surface area contributed by atoms with Gasteiger partial charge in [-0.05, 0) is 13.1 Å². The van der Waals surface area contributed by atoms with Crippen LogP contribution in [0.5, 0.6) is 5.75 Å². The van der Waals surface area contributed by atoms with E-state index in [1.165, 1.54) is 0 Å². The highest BCUT2D eigenvalue weighted by Gasteiger charge is 2.00. The maximum atomic E-state index is 11.9. The van der Waals surface area contributed by atoms with Crippen LogP contribution in [-0.4, -0.2) is 20.3 Å². The largest absolute Gasteiger partial charge is 0.493 e. The lowest BCUT2D eigenvalue weighted by atomic mass is 10.2. The lowest BCUT2D eigenvalue weighted by molar-refractivity contribution is 0.287. The van der Waals surface area contributed by atoms with Crippen molar-refractivity contribution in [1.82, 2.24) is 5.32 Å². The first-order valence-electron chi connectivity index (χ1n) is 4.79. The quantitative estimate of drug-likeness (QED) is 0.705. The third-order valence-corrected chi connectivity index (χ3v) is 1.88. The number of alkyl halides is 1. The Morgan fingerprint density at radius 1 is 1.36 bits per heavy atom. The Morgan fingerprint density at radius 2 is 2.14 bits per heavy atom. The van der Waals surface area contributed by atoms with E-state index in [4.69, 9.17) is 4.74 Å². The van der Waals surface area contributed by atoms with Gasteiger partial charge in [0.2, 0.25) is 0 Å². The molecule has 1 N–H and O–H groups in total. The molecule has 0 saturated heterocycles. The Kier molecular flexibility index (Phi) is 5.00. The summed E-state index contributed by atoms with van der Waals surface area (Å²) >= 11 is 0. The molecule has 0 fully saturated rings. The molecule has 0 atom stereocenters. The molecule has 0 radical (unpaired) electrons. The molecule has 0 aliphatic heterocycles. The fourth-order valence-corrected chi connectivity index (χ4v) is 1.22. The first-order valence-corrected chi connectivity index (χ1v) is 4.79. The molecule has 1 rings (SSSR count). The molecular formula is C11H16FNO. The van der Waals surface area contributed by atoms with Gasteiger partial charge in [-0.2, -0.15) is 0 Å². The van der Waals surface area contributed by atoms with Crippen LogP contribution in [0.3, 0.4) is 0 Å². The number of ether oxygens (including phenoxy) is 1. The summed E-state index contributed by atoms with van der Waals surface area (Å²) in [6.07, 6.45) is 0.452. The summed E-state index contributed by atoms with van der Waals surface area (Å²) in [5, 5.41) is 3.06. The maximum absolute atomic E-state index is 11.9. The highest BCUT2D eigenvalue weighted by molar-refractivity contribution is 5.33. The Bertz CT molecular complexity index is 265. The zero-order valence-electron chi connectivity index (χ0n) is 8.42. The standard InChI is InChI=1S/C11H16FNO/c1-13-9-10-5-2-3-6-11(10)14-8-4-7-12/h2-3,5-6,13H,4,7-9H2,1H3. The van der Waals surface area contributed by atoms with E-state index in [-0.39, 0.29) is 6.67 Å². The number of rotatable bonds is 6. The second kappa shape index (κ2) is 6.38. The van der Waals surface area contributed by atoms with Gasteiger partial charge >= 0.3 is 0 Å². The predicted molar refractivity (Wildman–Crippen MR) is 55.3 cm³/mol.